The molecule has 0 bridgehead atoms. The van der Waals surface area contributed by atoms with Crippen molar-refractivity contribution in [3.05, 3.63) is 22.4 Å². The SMILES string of the molecule is CCSc1c(F)ccc(OC)c1Br. The normalized spacial score (nSPS) is 10.2. The van der Waals surface area contributed by atoms with Crippen LogP contribution >= 0.6 is 27.7 Å². The third-order valence-electron chi connectivity index (χ3n) is 1.52. The topological polar surface area (TPSA) is 9.23 Å². The van der Waals surface area contributed by atoms with E-state index in [1.165, 1.54) is 17.8 Å². The monoisotopic (exact) mass is 264 g/mol. The second kappa shape index (κ2) is 4.86. The van der Waals surface area contributed by atoms with E-state index in [0.29, 0.717) is 15.1 Å². The van der Waals surface area contributed by atoms with Crippen molar-refractivity contribution in [3.63, 3.8) is 0 Å². The molecule has 13 heavy (non-hydrogen) atoms. The zero-order valence-corrected chi connectivity index (χ0v) is 9.84. The third-order valence-corrected chi connectivity index (χ3v) is 3.55. The van der Waals surface area contributed by atoms with Crippen LogP contribution in [-0.4, -0.2) is 12.9 Å². The number of halogens is 2. The number of thioether (sulfide) groups is 1. The summed E-state index contributed by atoms with van der Waals surface area (Å²) < 4.78 is 19.0. The summed E-state index contributed by atoms with van der Waals surface area (Å²) in [6.45, 7) is 1.98. The molecule has 0 aliphatic carbocycles. The van der Waals surface area contributed by atoms with Crippen LogP contribution < -0.4 is 4.74 Å². The van der Waals surface area contributed by atoms with Gasteiger partial charge in [-0.05, 0) is 33.8 Å². The Morgan fingerprint density at radius 1 is 1.54 bits per heavy atom. The molecule has 1 rings (SSSR count). The van der Waals surface area contributed by atoms with Gasteiger partial charge in [0.15, 0.2) is 0 Å². The lowest BCUT2D eigenvalue weighted by Gasteiger charge is -2.08. The standard InChI is InChI=1S/C9H10BrFOS/c1-3-13-9-6(11)4-5-7(12-2)8(9)10/h4-5H,3H2,1-2H3. The molecular weight excluding hydrogens is 255 g/mol. The van der Waals surface area contributed by atoms with Crippen LogP contribution in [0.5, 0.6) is 5.75 Å². The van der Waals surface area contributed by atoms with Gasteiger partial charge in [0.05, 0.1) is 16.5 Å². The molecule has 0 unspecified atom stereocenters. The first kappa shape index (κ1) is 10.9. The first-order chi connectivity index (χ1) is 6.20. The maximum atomic E-state index is 13.2. The molecular formula is C9H10BrFOS. The van der Waals surface area contributed by atoms with E-state index in [1.54, 1.807) is 13.2 Å². The van der Waals surface area contributed by atoms with Crippen LogP contribution in [0.4, 0.5) is 4.39 Å². The summed E-state index contributed by atoms with van der Waals surface area (Å²) in [5, 5.41) is 0. The highest BCUT2D eigenvalue weighted by Gasteiger charge is 2.11. The van der Waals surface area contributed by atoms with Crippen molar-refractivity contribution in [2.24, 2.45) is 0 Å². The molecule has 0 atom stereocenters. The van der Waals surface area contributed by atoms with Crippen molar-refractivity contribution >= 4 is 27.7 Å². The molecule has 0 radical (unpaired) electrons. The lowest BCUT2D eigenvalue weighted by molar-refractivity contribution is 0.408. The summed E-state index contributed by atoms with van der Waals surface area (Å²) in [5.41, 5.74) is 0. The van der Waals surface area contributed by atoms with Gasteiger partial charge in [-0.2, -0.15) is 0 Å². The maximum Gasteiger partial charge on any atom is 0.138 e. The Morgan fingerprint density at radius 2 is 2.23 bits per heavy atom. The lowest BCUT2D eigenvalue weighted by atomic mass is 10.3. The largest absolute Gasteiger partial charge is 0.496 e. The van der Waals surface area contributed by atoms with Gasteiger partial charge >= 0.3 is 0 Å². The highest BCUT2D eigenvalue weighted by atomic mass is 79.9. The fourth-order valence-corrected chi connectivity index (χ4v) is 2.50. The Labute approximate surface area is 89.8 Å². The van der Waals surface area contributed by atoms with Crippen molar-refractivity contribution in [1.29, 1.82) is 0 Å². The minimum atomic E-state index is -0.209. The number of benzene rings is 1. The second-order valence-corrected chi connectivity index (χ2v) is 4.39. The van der Waals surface area contributed by atoms with E-state index in [0.717, 1.165) is 5.75 Å². The van der Waals surface area contributed by atoms with E-state index >= 15 is 0 Å². The highest BCUT2D eigenvalue weighted by molar-refractivity contribution is 9.10. The van der Waals surface area contributed by atoms with Crippen LogP contribution in [0.25, 0.3) is 0 Å². The first-order valence-corrected chi connectivity index (χ1v) is 5.63. The molecule has 1 aromatic rings. The predicted octanol–water partition coefficient (Wildman–Crippen LogP) is 3.71. The fourth-order valence-electron chi connectivity index (χ4n) is 0.949. The zero-order valence-electron chi connectivity index (χ0n) is 7.43. The quantitative estimate of drug-likeness (QED) is 0.770. The Morgan fingerprint density at radius 3 is 2.77 bits per heavy atom. The van der Waals surface area contributed by atoms with Crippen molar-refractivity contribution in [3.8, 4) is 5.75 Å². The van der Waals surface area contributed by atoms with Gasteiger partial charge in [0.2, 0.25) is 0 Å². The zero-order chi connectivity index (χ0) is 9.84. The summed E-state index contributed by atoms with van der Waals surface area (Å²) >= 11 is 4.76. The van der Waals surface area contributed by atoms with Gasteiger partial charge in [-0.25, -0.2) is 4.39 Å². The van der Waals surface area contributed by atoms with Crippen LogP contribution in [-0.2, 0) is 0 Å². The molecule has 0 N–H and O–H groups in total. The summed E-state index contributed by atoms with van der Waals surface area (Å²) in [7, 11) is 1.57. The molecule has 1 aromatic carbocycles. The Bertz CT molecular complexity index is 304. The van der Waals surface area contributed by atoms with Crippen LogP contribution in [0, 0.1) is 5.82 Å². The van der Waals surface area contributed by atoms with Gasteiger partial charge in [0.25, 0.3) is 0 Å². The number of hydrogen-bond donors (Lipinski definition) is 0. The minimum Gasteiger partial charge on any atom is -0.496 e. The summed E-state index contributed by atoms with van der Waals surface area (Å²) in [5.74, 6) is 1.29. The second-order valence-electron chi connectivity index (χ2n) is 2.33. The Balaban J connectivity index is 3.13. The van der Waals surface area contributed by atoms with Crippen molar-refractivity contribution in [2.45, 2.75) is 11.8 Å². The Kier molecular flexibility index (Phi) is 4.06. The average Bonchev–Trinajstić information content (AvgIpc) is 2.12. The molecule has 4 heteroatoms. The Hall–Kier alpha value is -0.220. The van der Waals surface area contributed by atoms with Crippen molar-refractivity contribution < 1.29 is 9.13 Å². The van der Waals surface area contributed by atoms with E-state index in [4.69, 9.17) is 4.74 Å². The van der Waals surface area contributed by atoms with Gasteiger partial charge in [0, 0.05) is 0 Å². The smallest absolute Gasteiger partial charge is 0.138 e. The molecule has 0 saturated carbocycles. The number of rotatable bonds is 3. The molecule has 0 fully saturated rings. The summed E-state index contributed by atoms with van der Waals surface area (Å²) in [6.07, 6.45) is 0. The molecule has 1 nitrogen and oxygen atoms in total. The summed E-state index contributed by atoms with van der Waals surface area (Å²) in [4.78, 5) is 0.613. The average molecular weight is 265 g/mol. The maximum absolute atomic E-state index is 13.2. The highest BCUT2D eigenvalue weighted by Crippen LogP contribution is 2.36. The molecule has 0 amide bonds. The van der Waals surface area contributed by atoms with E-state index in [-0.39, 0.29) is 5.82 Å². The molecule has 0 aliphatic heterocycles. The number of hydrogen-bond acceptors (Lipinski definition) is 2. The molecule has 0 aromatic heterocycles. The van der Waals surface area contributed by atoms with E-state index in [1.807, 2.05) is 6.92 Å². The van der Waals surface area contributed by atoms with Crippen LogP contribution in [0.3, 0.4) is 0 Å². The van der Waals surface area contributed by atoms with Gasteiger partial charge in [-0.15, -0.1) is 11.8 Å². The third kappa shape index (κ3) is 2.38. The summed E-state index contributed by atoms with van der Waals surface area (Å²) in [6, 6.07) is 3.03. The van der Waals surface area contributed by atoms with E-state index in [2.05, 4.69) is 15.9 Å². The van der Waals surface area contributed by atoms with Crippen LogP contribution in [0.15, 0.2) is 21.5 Å². The first-order valence-electron chi connectivity index (χ1n) is 3.85. The van der Waals surface area contributed by atoms with Crippen molar-refractivity contribution in [2.75, 3.05) is 12.9 Å². The van der Waals surface area contributed by atoms with Gasteiger partial charge in [-0.3, -0.25) is 0 Å². The predicted molar refractivity (Wildman–Crippen MR) is 57.1 cm³/mol. The van der Waals surface area contributed by atoms with Crippen molar-refractivity contribution in [1.82, 2.24) is 0 Å². The molecule has 0 spiro atoms. The molecule has 0 heterocycles. The number of ether oxygens (including phenoxy) is 1. The molecule has 72 valence electrons. The lowest BCUT2D eigenvalue weighted by Crippen LogP contribution is -1.89. The van der Waals surface area contributed by atoms with Gasteiger partial charge in [-0.1, -0.05) is 6.92 Å². The van der Waals surface area contributed by atoms with Crippen LogP contribution in [0.1, 0.15) is 6.92 Å². The van der Waals surface area contributed by atoms with Gasteiger partial charge in [0.1, 0.15) is 11.6 Å². The fraction of sp³-hybridized carbons (Fsp3) is 0.333. The van der Waals surface area contributed by atoms with Gasteiger partial charge < -0.3 is 4.74 Å². The van der Waals surface area contributed by atoms with E-state index in [9.17, 15) is 4.39 Å². The number of methoxy groups -OCH3 is 1. The molecule has 0 aliphatic rings. The minimum absolute atomic E-state index is 0.209. The molecule has 0 saturated heterocycles. The van der Waals surface area contributed by atoms with E-state index < -0.39 is 0 Å². The van der Waals surface area contributed by atoms with Crippen LogP contribution in [0.2, 0.25) is 0 Å².